The largest absolute Gasteiger partial charge is 0.351 e. The van der Waals surface area contributed by atoms with Crippen molar-refractivity contribution in [2.45, 2.75) is 45.1 Å². The van der Waals surface area contributed by atoms with Crippen molar-refractivity contribution in [3.63, 3.8) is 0 Å². The van der Waals surface area contributed by atoms with E-state index in [-0.39, 0.29) is 22.8 Å². The summed E-state index contributed by atoms with van der Waals surface area (Å²) < 4.78 is 68.7. The van der Waals surface area contributed by atoms with Gasteiger partial charge in [0.05, 0.1) is 21.0 Å². The van der Waals surface area contributed by atoms with Gasteiger partial charge < -0.3 is 14.4 Å². The summed E-state index contributed by atoms with van der Waals surface area (Å²) in [4.78, 5) is 15.3. The molecule has 6 rings (SSSR count). The number of hydrogen-bond donors (Lipinski definition) is 0. The Morgan fingerprint density at radius 1 is 0.737 bits per heavy atom. The predicted octanol–water partition coefficient (Wildman–Crippen LogP) is 3.09. The number of carbonyl (C=O) groups excluding carboxylic acids is 1. The number of benzene rings is 3. The summed E-state index contributed by atoms with van der Waals surface area (Å²) in [6, 6.07) is 23.3. The standard InChI is InChI=1S/C28H29NO7S2/c1-35-28(36-2)18-23-24(37(31,32)21-14-8-4-9-15-21)25(38(33,34)22-16-10-5-11-17-22)26(28)29(27(23)30)19-20-12-6-3-7-13-20/h3-17,23-26H,18-19H2,1-2H3/t23-,24+,25+,26+/m1/s1. The lowest BCUT2D eigenvalue weighted by Gasteiger charge is -2.59. The van der Waals surface area contributed by atoms with Gasteiger partial charge in [0, 0.05) is 27.2 Å². The number of piperidine rings is 2. The molecule has 3 aliphatic rings. The van der Waals surface area contributed by atoms with Crippen LogP contribution in [0.3, 0.4) is 0 Å². The van der Waals surface area contributed by atoms with Gasteiger partial charge in [-0.05, 0) is 29.8 Å². The van der Waals surface area contributed by atoms with E-state index in [9.17, 15) is 21.6 Å². The molecule has 1 amide bonds. The number of sulfone groups is 2. The molecule has 3 aromatic carbocycles. The smallest absolute Gasteiger partial charge is 0.228 e. The maximum absolute atomic E-state index is 14.4. The Balaban J connectivity index is 1.76. The highest BCUT2D eigenvalue weighted by atomic mass is 32.2. The molecule has 2 heterocycles. The fraction of sp³-hybridized carbons (Fsp3) is 0.321. The topological polar surface area (TPSA) is 107 Å². The number of carbonyl (C=O) groups is 1. The molecule has 0 spiro atoms. The maximum atomic E-state index is 14.4. The van der Waals surface area contributed by atoms with E-state index < -0.39 is 53.8 Å². The van der Waals surface area contributed by atoms with Crippen LogP contribution in [0, 0.1) is 5.92 Å². The zero-order valence-electron chi connectivity index (χ0n) is 21.0. The van der Waals surface area contributed by atoms with E-state index in [1.165, 1.54) is 43.4 Å². The van der Waals surface area contributed by atoms with Crippen LogP contribution in [-0.4, -0.2) is 64.2 Å². The van der Waals surface area contributed by atoms with Crippen LogP contribution in [-0.2, 0) is 40.5 Å². The molecule has 0 radical (unpaired) electrons. The molecule has 200 valence electrons. The zero-order chi connectivity index (χ0) is 27.1. The lowest BCUT2D eigenvalue weighted by molar-refractivity contribution is -0.277. The summed E-state index contributed by atoms with van der Waals surface area (Å²) in [5.41, 5.74) is 0.771. The van der Waals surface area contributed by atoms with Crippen molar-refractivity contribution >= 4 is 25.6 Å². The van der Waals surface area contributed by atoms with Crippen molar-refractivity contribution in [2.24, 2.45) is 5.92 Å². The second-order valence-electron chi connectivity index (χ2n) is 9.57. The maximum Gasteiger partial charge on any atom is 0.228 e. The van der Waals surface area contributed by atoms with Crippen LogP contribution in [0.5, 0.6) is 0 Å². The van der Waals surface area contributed by atoms with E-state index in [4.69, 9.17) is 9.47 Å². The number of hydrogen-bond acceptors (Lipinski definition) is 7. The molecule has 0 N–H and O–H groups in total. The molecule has 1 aliphatic carbocycles. The van der Waals surface area contributed by atoms with E-state index in [1.54, 1.807) is 36.4 Å². The zero-order valence-corrected chi connectivity index (χ0v) is 22.6. The summed E-state index contributed by atoms with van der Waals surface area (Å²) in [5, 5.41) is -3.08. The molecular weight excluding hydrogens is 526 g/mol. The normalized spacial score (nSPS) is 24.9. The second-order valence-corrected chi connectivity index (χ2v) is 13.8. The van der Waals surface area contributed by atoms with Crippen LogP contribution in [0.15, 0.2) is 101 Å². The fourth-order valence-electron chi connectivity index (χ4n) is 5.92. The van der Waals surface area contributed by atoms with Crippen molar-refractivity contribution in [3.8, 4) is 0 Å². The van der Waals surface area contributed by atoms with Crippen LogP contribution in [0.25, 0.3) is 0 Å². The van der Waals surface area contributed by atoms with Gasteiger partial charge >= 0.3 is 0 Å². The predicted molar refractivity (Wildman–Crippen MR) is 140 cm³/mol. The van der Waals surface area contributed by atoms with Gasteiger partial charge in [0.25, 0.3) is 0 Å². The molecule has 2 saturated heterocycles. The summed E-state index contributed by atoms with van der Waals surface area (Å²) in [6.07, 6.45) is -0.0909. The van der Waals surface area contributed by atoms with E-state index in [0.29, 0.717) is 0 Å². The van der Waals surface area contributed by atoms with Crippen molar-refractivity contribution in [1.29, 1.82) is 0 Å². The molecule has 10 heteroatoms. The minimum Gasteiger partial charge on any atom is -0.351 e. The molecule has 8 nitrogen and oxygen atoms in total. The van der Waals surface area contributed by atoms with E-state index >= 15 is 0 Å². The number of nitrogens with zero attached hydrogens (tertiary/aromatic N) is 1. The minimum atomic E-state index is -4.31. The van der Waals surface area contributed by atoms with Gasteiger partial charge in [-0.15, -0.1) is 0 Å². The Labute approximate surface area is 223 Å². The Bertz CT molecular complexity index is 1510. The molecule has 0 unspecified atom stereocenters. The summed E-state index contributed by atoms with van der Waals surface area (Å²) in [5.74, 6) is -3.17. The van der Waals surface area contributed by atoms with Crippen molar-refractivity contribution in [1.82, 2.24) is 4.90 Å². The molecule has 2 aliphatic heterocycles. The Kier molecular flexibility index (Phi) is 6.93. The molecule has 3 aromatic rings. The van der Waals surface area contributed by atoms with Gasteiger partial charge in [0.15, 0.2) is 25.5 Å². The first-order chi connectivity index (χ1) is 18.2. The number of rotatable bonds is 8. The Morgan fingerprint density at radius 2 is 1.18 bits per heavy atom. The highest BCUT2D eigenvalue weighted by molar-refractivity contribution is 7.96. The van der Waals surface area contributed by atoms with E-state index in [0.717, 1.165) is 5.56 Å². The van der Waals surface area contributed by atoms with Crippen LogP contribution >= 0.6 is 0 Å². The third-order valence-electron chi connectivity index (χ3n) is 7.67. The van der Waals surface area contributed by atoms with E-state index in [1.807, 2.05) is 30.3 Å². The summed E-state index contributed by atoms with van der Waals surface area (Å²) in [7, 11) is -5.79. The summed E-state index contributed by atoms with van der Waals surface area (Å²) >= 11 is 0. The lowest BCUT2D eigenvalue weighted by Crippen LogP contribution is -2.78. The van der Waals surface area contributed by atoms with Crippen LogP contribution in [0.4, 0.5) is 0 Å². The molecular formula is C28H29NO7S2. The quantitative estimate of drug-likeness (QED) is 0.393. The first kappa shape index (κ1) is 26.6. The number of amides is 1. The molecule has 2 bridgehead atoms. The van der Waals surface area contributed by atoms with Gasteiger partial charge in [0.2, 0.25) is 5.91 Å². The van der Waals surface area contributed by atoms with Crippen LogP contribution in [0.2, 0.25) is 0 Å². The van der Waals surface area contributed by atoms with Crippen LogP contribution < -0.4 is 0 Å². The number of methoxy groups -OCH3 is 2. The van der Waals surface area contributed by atoms with Gasteiger partial charge in [-0.3, -0.25) is 4.79 Å². The number of ether oxygens (including phenoxy) is 2. The second kappa shape index (κ2) is 9.92. The monoisotopic (exact) mass is 555 g/mol. The molecule has 1 saturated carbocycles. The lowest BCUT2D eigenvalue weighted by atomic mass is 9.73. The third kappa shape index (κ3) is 4.16. The van der Waals surface area contributed by atoms with Gasteiger partial charge in [-0.1, -0.05) is 66.7 Å². The van der Waals surface area contributed by atoms with Crippen molar-refractivity contribution in [3.05, 3.63) is 96.6 Å². The highest BCUT2D eigenvalue weighted by Gasteiger charge is 2.70. The first-order valence-corrected chi connectivity index (χ1v) is 15.3. The molecule has 3 fully saturated rings. The third-order valence-corrected chi connectivity index (χ3v) is 12.3. The SMILES string of the molecule is COC1(OC)C[C@H]2C(=O)N(Cc3ccccc3)[C@H]1[C@@H](S(=O)(=O)c1ccccc1)[C@H]2S(=O)(=O)c1ccccc1. The van der Waals surface area contributed by atoms with Gasteiger partial charge in [0.1, 0.15) is 11.3 Å². The van der Waals surface area contributed by atoms with Crippen molar-refractivity contribution in [2.75, 3.05) is 14.2 Å². The van der Waals surface area contributed by atoms with Gasteiger partial charge in [-0.25, -0.2) is 16.8 Å². The molecule has 0 aromatic heterocycles. The van der Waals surface area contributed by atoms with Crippen LogP contribution in [0.1, 0.15) is 12.0 Å². The van der Waals surface area contributed by atoms with Gasteiger partial charge in [-0.2, -0.15) is 0 Å². The fourth-order valence-corrected chi connectivity index (χ4v) is 10.9. The average Bonchev–Trinajstić information content (AvgIpc) is 2.95. The average molecular weight is 556 g/mol. The molecule has 38 heavy (non-hydrogen) atoms. The van der Waals surface area contributed by atoms with Crippen molar-refractivity contribution < 1.29 is 31.1 Å². The molecule has 4 atom stereocenters. The Morgan fingerprint density at radius 3 is 1.66 bits per heavy atom. The Hall–Kier alpha value is -3.05. The minimum absolute atomic E-state index is 0.0287. The highest BCUT2D eigenvalue weighted by Crippen LogP contribution is 2.51. The number of fused-ring (bicyclic) bond motifs is 3. The summed E-state index contributed by atoms with van der Waals surface area (Å²) in [6.45, 7) is 0.0776. The van der Waals surface area contributed by atoms with E-state index in [2.05, 4.69) is 0 Å². The first-order valence-electron chi connectivity index (χ1n) is 12.2.